The van der Waals surface area contributed by atoms with E-state index < -0.39 is 0 Å². The first-order valence-electron chi connectivity index (χ1n) is 7.91. The molecule has 0 bridgehead atoms. The number of guanidine groups is 1. The quantitative estimate of drug-likeness (QED) is 0.437. The summed E-state index contributed by atoms with van der Waals surface area (Å²) < 4.78 is 5.33. The molecule has 0 aliphatic carbocycles. The Kier molecular flexibility index (Phi) is 8.24. The summed E-state index contributed by atoms with van der Waals surface area (Å²) >= 11 is 0. The van der Waals surface area contributed by atoms with Crippen LogP contribution in [0.25, 0.3) is 0 Å². The first-order valence-corrected chi connectivity index (χ1v) is 7.91. The van der Waals surface area contributed by atoms with Crippen LogP contribution in [0.15, 0.2) is 27.8 Å². The maximum Gasteiger partial charge on any atom is 0.191 e. The molecule has 0 amide bonds. The van der Waals surface area contributed by atoms with Crippen molar-refractivity contribution in [2.75, 3.05) is 19.6 Å². The minimum Gasteiger partial charge on any atom is -0.467 e. The first kappa shape index (κ1) is 19.3. The molecule has 0 saturated carbocycles. The number of hydrogen-bond donors (Lipinski definition) is 2. The van der Waals surface area contributed by atoms with Crippen LogP contribution in [0.2, 0.25) is 0 Å². The molecule has 0 radical (unpaired) electrons. The maximum absolute atomic E-state index is 5.33. The highest BCUT2D eigenvalue weighted by Crippen LogP contribution is 2.18. The molecule has 5 nitrogen and oxygen atoms in total. The van der Waals surface area contributed by atoms with Gasteiger partial charge < -0.3 is 15.1 Å². The summed E-state index contributed by atoms with van der Waals surface area (Å²) in [6, 6.07) is 4.89. The largest absolute Gasteiger partial charge is 0.467 e. The Balaban J connectivity index is 0.00000242. The van der Waals surface area contributed by atoms with Crippen LogP contribution in [0.3, 0.4) is 0 Å². The molecule has 2 rings (SSSR count). The van der Waals surface area contributed by atoms with Gasteiger partial charge in [0.1, 0.15) is 12.3 Å². The third-order valence-corrected chi connectivity index (χ3v) is 4.01. The van der Waals surface area contributed by atoms with Gasteiger partial charge in [0.25, 0.3) is 0 Å². The fourth-order valence-corrected chi connectivity index (χ4v) is 2.67. The number of likely N-dealkylation sites (tertiary alicyclic amines) is 1. The number of nitrogens with zero attached hydrogens (tertiary/aromatic N) is 2. The zero-order chi connectivity index (χ0) is 15.2. The van der Waals surface area contributed by atoms with E-state index in [2.05, 4.69) is 48.2 Å². The number of furan rings is 1. The monoisotopic (exact) mass is 420 g/mol. The molecule has 6 heteroatoms. The highest BCUT2D eigenvalue weighted by Gasteiger charge is 2.31. The topological polar surface area (TPSA) is 52.8 Å². The lowest BCUT2D eigenvalue weighted by Gasteiger charge is -2.21. The van der Waals surface area contributed by atoms with E-state index >= 15 is 0 Å². The lowest BCUT2D eigenvalue weighted by Crippen LogP contribution is -2.46. The van der Waals surface area contributed by atoms with Crippen molar-refractivity contribution in [3.8, 4) is 0 Å². The van der Waals surface area contributed by atoms with E-state index in [0.717, 1.165) is 31.4 Å². The van der Waals surface area contributed by atoms with Crippen LogP contribution in [-0.2, 0) is 6.54 Å². The average molecular weight is 420 g/mol. The Morgan fingerprint density at radius 1 is 1.45 bits per heavy atom. The van der Waals surface area contributed by atoms with Gasteiger partial charge in [-0.25, -0.2) is 4.99 Å². The van der Waals surface area contributed by atoms with Crippen molar-refractivity contribution in [1.29, 1.82) is 0 Å². The summed E-state index contributed by atoms with van der Waals surface area (Å²) in [4.78, 5) is 7.12. The Labute approximate surface area is 150 Å². The van der Waals surface area contributed by atoms with Crippen molar-refractivity contribution >= 4 is 29.9 Å². The number of hydrogen-bond acceptors (Lipinski definition) is 3. The molecule has 1 fully saturated rings. The molecule has 2 heterocycles. The molecule has 2 unspecified atom stereocenters. The lowest BCUT2D eigenvalue weighted by atomic mass is 10.1. The van der Waals surface area contributed by atoms with E-state index in [4.69, 9.17) is 4.42 Å². The number of aliphatic imine (C=N–C) groups is 1. The van der Waals surface area contributed by atoms with Crippen LogP contribution in [0.4, 0.5) is 0 Å². The maximum atomic E-state index is 5.33. The minimum atomic E-state index is 0. The molecule has 1 aliphatic rings. The van der Waals surface area contributed by atoms with Crippen molar-refractivity contribution in [3.05, 3.63) is 24.2 Å². The van der Waals surface area contributed by atoms with Crippen molar-refractivity contribution in [2.45, 2.75) is 46.3 Å². The van der Waals surface area contributed by atoms with Crippen molar-refractivity contribution < 1.29 is 4.42 Å². The summed E-state index contributed by atoms with van der Waals surface area (Å²) in [5, 5.41) is 6.88. The Morgan fingerprint density at radius 2 is 2.23 bits per heavy atom. The summed E-state index contributed by atoms with van der Waals surface area (Å²) in [5.74, 6) is 2.38. The molecule has 1 aromatic heterocycles. The summed E-state index contributed by atoms with van der Waals surface area (Å²) in [7, 11) is 0. The van der Waals surface area contributed by atoms with Gasteiger partial charge in [-0.1, -0.05) is 6.92 Å². The average Bonchev–Trinajstić information content (AvgIpc) is 3.07. The molecule has 0 spiro atoms. The molecular formula is C16H29IN4O. The molecule has 0 aromatic carbocycles. The van der Waals surface area contributed by atoms with E-state index in [1.54, 1.807) is 6.26 Å². The van der Waals surface area contributed by atoms with Crippen LogP contribution in [0.1, 0.15) is 33.5 Å². The van der Waals surface area contributed by atoms with Gasteiger partial charge in [0.15, 0.2) is 5.96 Å². The molecule has 2 N–H and O–H groups in total. The molecule has 1 saturated heterocycles. The van der Waals surface area contributed by atoms with Crippen molar-refractivity contribution in [1.82, 2.24) is 15.5 Å². The van der Waals surface area contributed by atoms with Crippen LogP contribution in [-0.4, -0.2) is 42.6 Å². The van der Waals surface area contributed by atoms with E-state index in [-0.39, 0.29) is 24.0 Å². The van der Waals surface area contributed by atoms with Gasteiger partial charge in [0.05, 0.1) is 6.26 Å². The second-order valence-electron chi connectivity index (χ2n) is 6.05. The molecule has 22 heavy (non-hydrogen) atoms. The molecule has 126 valence electrons. The van der Waals surface area contributed by atoms with E-state index in [0.29, 0.717) is 24.5 Å². The van der Waals surface area contributed by atoms with Crippen molar-refractivity contribution in [3.63, 3.8) is 0 Å². The first-order chi connectivity index (χ1) is 10.1. The van der Waals surface area contributed by atoms with Gasteiger partial charge in [-0.05, 0) is 38.8 Å². The fraction of sp³-hybridized carbons (Fsp3) is 0.688. The predicted molar refractivity (Wildman–Crippen MR) is 102 cm³/mol. The third-order valence-electron chi connectivity index (χ3n) is 4.01. The normalized spacial score (nSPS) is 22.7. The van der Waals surface area contributed by atoms with E-state index in [1.165, 1.54) is 0 Å². The summed E-state index contributed by atoms with van der Waals surface area (Å²) in [6.45, 7) is 12.5. The second kappa shape index (κ2) is 9.39. The standard InChI is InChI=1S/C16H28N4O.HI/c1-5-17-16(18-9-14-7-6-8-21-14)19-15-11-20(12(2)3)10-13(15)4;/h6-8,12-13,15H,5,9-11H2,1-4H3,(H2,17,18,19);1H. The van der Waals surface area contributed by atoms with Gasteiger partial charge in [-0.15, -0.1) is 24.0 Å². The highest BCUT2D eigenvalue weighted by molar-refractivity contribution is 14.0. The second-order valence-corrected chi connectivity index (χ2v) is 6.05. The fourth-order valence-electron chi connectivity index (χ4n) is 2.67. The molecule has 2 atom stereocenters. The Morgan fingerprint density at radius 3 is 2.77 bits per heavy atom. The van der Waals surface area contributed by atoms with Gasteiger partial charge in [-0.2, -0.15) is 0 Å². The van der Waals surface area contributed by atoms with Crippen LogP contribution in [0.5, 0.6) is 0 Å². The third kappa shape index (κ3) is 5.46. The number of rotatable bonds is 5. The summed E-state index contributed by atoms with van der Waals surface area (Å²) in [5.41, 5.74) is 0. The SMILES string of the molecule is CCNC(=NCc1ccco1)NC1CN(C(C)C)CC1C.I. The Hall–Kier alpha value is -0.760. The number of halogens is 1. The lowest BCUT2D eigenvalue weighted by molar-refractivity contribution is 0.265. The van der Waals surface area contributed by atoms with Gasteiger partial charge in [-0.3, -0.25) is 4.90 Å². The zero-order valence-electron chi connectivity index (χ0n) is 14.0. The molecule has 1 aromatic rings. The van der Waals surface area contributed by atoms with Gasteiger partial charge in [0.2, 0.25) is 0 Å². The minimum absolute atomic E-state index is 0. The van der Waals surface area contributed by atoms with Crippen molar-refractivity contribution in [2.24, 2.45) is 10.9 Å². The Bertz CT molecular complexity index is 447. The molecule has 1 aliphatic heterocycles. The van der Waals surface area contributed by atoms with E-state index in [1.807, 2.05) is 12.1 Å². The van der Waals surface area contributed by atoms with Crippen LogP contribution >= 0.6 is 24.0 Å². The zero-order valence-corrected chi connectivity index (χ0v) is 16.3. The summed E-state index contributed by atoms with van der Waals surface area (Å²) in [6.07, 6.45) is 1.69. The van der Waals surface area contributed by atoms with Gasteiger partial charge >= 0.3 is 0 Å². The van der Waals surface area contributed by atoms with Crippen LogP contribution < -0.4 is 10.6 Å². The molecular weight excluding hydrogens is 391 g/mol. The van der Waals surface area contributed by atoms with Crippen LogP contribution in [0, 0.1) is 5.92 Å². The number of nitrogens with one attached hydrogen (secondary N) is 2. The predicted octanol–water partition coefficient (Wildman–Crippen LogP) is 2.68. The van der Waals surface area contributed by atoms with Gasteiger partial charge in [0, 0.05) is 31.7 Å². The highest BCUT2D eigenvalue weighted by atomic mass is 127. The smallest absolute Gasteiger partial charge is 0.191 e. The van der Waals surface area contributed by atoms with E-state index in [9.17, 15) is 0 Å².